The van der Waals surface area contributed by atoms with Crippen molar-refractivity contribution in [3.05, 3.63) is 0 Å². The smallest absolute Gasteiger partial charge is 0.0599 e. The van der Waals surface area contributed by atoms with E-state index >= 15 is 0 Å². The molecule has 0 atom stereocenters. The van der Waals surface area contributed by atoms with Crippen molar-refractivity contribution < 1.29 is 0 Å². The molecule has 0 amide bonds. The van der Waals surface area contributed by atoms with Crippen molar-refractivity contribution in [1.82, 2.24) is 0 Å². The lowest BCUT2D eigenvalue weighted by Crippen LogP contribution is -1.99. The molecule has 0 saturated heterocycles. The molecule has 0 rings (SSSR count). The third-order valence-electron chi connectivity index (χ3n) is 2.17. The zero-order valence-corrected chi connectivity index (χ0v) is 18.4. The van der Waals surface area contributed by atoms with Crippen LogP contribution in [0.5, 0.6) is 0 Å². The predicted molar refractivity (Wildman–Crippen MR) is 96.0 cm³/mol. The van der Waals surface area contributed by atoms with E-state index in [0.29, 0.717) is 0 Å². The summed E-state index contributed by atoms with van der Waals surface area (Å²) < 4.78 is -0.0943. The van der Waals surface area contributed by atoms with Crippen LogP contribution in [0.2, 0.25) is 0 Å². The normalized spacial score (nSPS) is 13.1. The third-order valence-corrected chi connectivity index (χ3v) is 4.55. The quantitative estimate of drug-likeness (QED) is 0.203. The Bertz CT molecular complexity index is 149. The molecule has 0 aromatic carbocycles. The summed E-state index contributed by atoms with van der Waals surface area (Å²) in [6.45, 7) is 0. The van der Waals surface area contributed by atoms with Crippen LogP contribution in [0, 0.1) is 0 Å². The van der Waals surface area contributed by atoms with Crippen LogP contribution in [-0.2, 0) is 0 Å². The molecule has 0 fully saturated rings. The Morgan fingerprint density at radius 1 is 0.438 bits per heavy atom. The summed E-state index contributed by atoms with van der Waals surface area (Å²) in [6, 6.07) is 0. The van der Waals surface area contributed by atoms with Gasteiger partial charge in [-0.3, -0.25) is 0 Å². The van der Waals surface area contributed by atoms with Crippen LogP contribution in [0.25, 0.3) is 0 Å². The van der Waals surface area contributed by atoms with Gasteiger partial charge in [-0.1, -0.05) is 134 Å². The first-order valence-electron chi connectivity index (χ1n) is 5.34. The Morgan fingerprint density at radius 2 is 0.688 bits per heavy atom. The molecule has 0 N–H and O–H groups in total. The molecule has 0 aromatic heterocycles. The second-order valence-electron chi connectivity index (χ2n) is 3.85. The number of halogens is 6. The van der Waals surface area contributed by atoms with Gasteiger partial charge in [0.1, 0.15) is 4.29 Å². The van der Waals surface area contributed by atoms with Gasteiger partial charge in [0.15, 0.2) is 0 Å². The van der Waals surface area contributed by atoms with Gasteiger partial charge in [-0.2, -0.15) is 0 Å². The molecule has 0 aromatic rings. The summed E-state index contributed by atoms with van der Waals surface area (Å²) >= 11 is 21.1. The lowest BCUT2D eigenvalue weighted by Gasteiger charge is -2.12. The van der Waals surface area contributed by atoms with Crippen LogP contribution in [0.1, 0.15) is 51.4 Å². The topological polar surface area (TPSA) is 0 Å². The van der Waals surface area contributed by atoms with Gasteiger partial charge in [0.2, 0.25) is 0 Å². The van der Waals surface area contributed by atoms with E-state index in [2.05, 4.69) is 95.6 Å². The molecule has 6 heteroatoms. The van der Waals surface area contributed by atoms with Crippen molar-refractivity contribution in [3.8, 4) is 0 Å². The minimum absolute atomic E-state index is 0.0471. The van der Waals surface area contributed by atoms with Gasteiger partial charge in [0.05, 0.1) is 0 Å². The first-order valence-corrected chi connectivity index (χ1v) is 10.1. The Hall–Kier alpha value is 2.88. The van der Waals surface area contributed by atoms with Gasteiger partial charge < -0.3 is 0 Å². The fourth-order valence-electron chi connectivity index (χ4n) is 1.36. The number of rotatable bonds is 7. The fraction of sp³-hybridized carbons (Fsp3) is 1.00. The van der Waals surface area contributed by atoms with Gasteiger partial charge in [-0.25, -0.2) is 0 Å². The third kappa shape index (κ3) is 16.9. The van der Waals surface area contributed by atoms with Crippen LogP contribution in [-0.4, -0.2) is 4.29 Å². The highest BCUT2D eigenvalue weighted by molar-refractivity contribution is 9.39. The highest BCUT2D eigenvalue weighted by Gasteiger charge is 2.17. The molecule has 0 nitrogen and oxygen atoms in total. The molecule has 0 radical (unpaired) electrons. The maximum Gasteiger partial charge on any atom is 0.135 e. The minimum atomic E-state index is -0.0471. The minimum Gasteiger partial charge on any atom is -0.0599 e. The zero-order valence-electron chi connectivity index (χ0n) is 8.92. The van der Waals surface area contributed by atoms with E-state index in [1.54, 1.807) is 0 Å². The Balaban J connectivity index is 3.17. The molecular weight excluding hydrogens is 600 g/mol. The first kappa shape index (κ1) is 18.9. The maximum absolute atomic E-state index is 3.51. The molecule has 0 bridgehead atoms. The largest absolute Gasteiger partial charge is 0.135 e. The predicted octanol–water partition coefficient (Wildman–Crippen LogP) is 7.78. The number of alkyl halides is 6. The van der Waals surface area contributed by atoms with Crippen LogP contribution in [0.4, 0.5) is 0 Å². The van der Waals surface area contributed by atoms with Crippen LogP contribution < -0.4 is 0 Å². The molecule has 0 unspecified atom stereocenters. The van der Waals surface area contributed by atoms with Crippen molar-refractivity contribution in [2.75, 3.05) is 0 Å². The van der Waals surface area contributed by atoms with Gasteiger partial charge in [0.25, 0.3) is 0 Å². The second-order valence-corrected chi connectivity index (χ2v) is 18.4. The van der Waals surface area contributed by atoms with Crippen molar-refractivity contribution in [2.24, 2.45) is 0 Å². The van der Waals surface area contributed by atoms with Gasteiger partial charge in [-0.05, 0) is 12.8 Å². The monoisotopic (exact) mass is 610 g/mol. The highest BCUT2D eigenvalue weighted by atomic mass is 80.0. The van der Waals surface area contributed by atoms with Crippen molar-refractivity contribution in [1.29, 1.82) is 0 Å². The van der Waals surface area contributed by atoms with Crippen molar-refractivity contribution in [3.63, 3.8) is 0 Å². The summed E-state index contributed by atoms with van der Waals surface area (Å²) in [6.07, 6.45) is 10.0. The summed E-state index contributed by atoms with van der Waals surface area (Å²) in [5.41, 5.74) is 0. The van der Waals surface area contributed by atoms with Crippen LogP contribution in [0.15, 0.2) is 0 Å². The Kier molecular flexibility index (Phi) is 11.5. The number of hydrogen-bond donors (Lipinski definition) is 0. The molecule has 0 saturated carbocycles. The van der Waals surface area contributed by atoms with E-state index in [-0.39, 0.29) is 4.29 Å². The lowest BCUT2D eigenvalue weighted by molar-refractivity contribution is 0.581. The number of unbranched alkanes of at least 4 members (excludes halogenated alkanes) is 5. The van der Waals surface area contributed by atoms with Crippen LogP contribution >= 0.6 is 95.6 Å². The average molecular weight is 616 g/mol. The lowest BCUT2D eigenvalue weighted by atomic mass is 10.1. The summed E-state index contributed by atoms with van der Waals surface area (Å²) in [7, 11) is 0. The van der Waals surface area contributed by atoms with E-state index < -0.39 is 0 Å². The van der Waals surface area contributed by atoms with Crippen molar-refractivity contribution in [2.45, 2.75) is 55.7 Å². The molecule has 0 heterocycles. The van der Waals surface area contributed by atoms with E-state index in [4.69, 9.17) is 0 Å². The van der Waals surface area contributed by atoms with E-state index in [9.17, 15) is 0 Å². The van der Waals surface area contributed by atoms with Crippen molar-refractivity contribution >= 4 is 95.6 Å². The molecule has 0 aliphatic carbocycles. The SMILES string of the molecule is BrC(Br)(Br)CCCCCCCCC(Br)(Br)Br. The standard InChI is InChI=1S/C10H16Br6/c11-9(12,13)7-5-3-1-2-4-6-8-10(14,15)16/h1-8H2. The summed E-state index contributed by atoms with van der Waals surface area (Å²) in [4.78, 5) is 0. The molecule has 98 valence electrons. The van der Waals surface area contributed by atoms with E-state index in [1.807, 2.05) is 0 Å². The molecule has 16 heavy (non-hydrogen) atoms. The van der Waals surface area contributed by atoms with Gasteiger partial charge in [-0.15, -0.1) is 0 Å². The number of hydrogen-bond acceptors (Lipinski definition) is 0. The first-order chi connectivity index (χ1) is 7.21. The average Bonchev–Trinajstić information content (AvgIpc) is 2.06. The highest BCUT2D eigenvalue weighted by Crippen LogP contribution is 2.39. The second kappa shape index (κ2) is 9.73. The Labute approximate surface area is 149 Å². The molecule has 0 aliphatic rings. The van der Waals surface area contributed by atoms with Gasteiger partial charge >= 0.3 is 0 Å². The summed E-state index contributed by atoms with van der Waals surface area (Å²) in [5, 5.41) is 0. The fourth-order valence-corrected chi connectivity index (χ4v) is 3.04. The van der Waals surface area contributed by atoms with Gasteiger partial charge in [0, 0.05) is 0 Å². The van der Waals surface area contributed by atoms with E-state index in [0.717, 1.165) is 12.8 Å². The Morgan fingerprint density at radius 3 is 0.938 bits per heavy atom. The molecule has 0 aliphatic heterocycles. The molecule has 0 spiro atoms. The molecular formula is C10H16Br6. The maximum atomic E-state index is 3.51. The zero-order chi connectivity index (χ0) is 12.7. The summed E-state index contributed by atoms with van der Waals surface area (Å²) in [5.74, 6) is 0. The van der Waals surface area contributed by atoms with E-state index in [1.165, 1.54) is 38.5 Å². The van der Waals surface area contributed by atoms with Crippen LogP contribution in [0.3, 0.4) is 0 Å².